The van der Waals surface area contributed by atoms with Gasteiger partial charge in [0.1, 0.15) is 0 Å². The Labute approximate surface area is 89.9 Å². The molecule has 0 aromatic carbocycles. The zero-order chi connectivity index (χ0) is 9.99. The molecule has 0 rings (SSSR count). The summed E-state index contributed by atoms with van der Waals surface area (Å²) < 4.78 is 0. The van der Waals surface area contributed by atoms with Crippen LogP contribution in [0.1, 0.15) is 54.4 Å². The Hall–Kier alpha value is 0.250. The number of hydrogen-bond donors (Lipinski definition) is 1. The van der Waals surface area contributed by atoms with Crippen molar-refractivity contribution >= 4 is 12.4 Å². The van der Waals surface area contributed by atoms with Crippen LogP contribution in [0.3, 0.4) is 0 Å². The van der Waals surface area contributed by atoms with E-state index in [1.807, 2.05) is 0 Å². The first-order valence-corrected chi connectivity index (χ1v) is 4.86. The van der Waals surface area contributed by atoms with Crippen molar-refractivity contribution in [3.05, 3.63) is 0 Å². The molecule has 0 radical (unpaired) electrons. The molecule has 0 aliphatic rings. The summed E-state index contributed by atoms with van der Waals surface area (Å²) in [5, 5.41) is 0. The summed E-state index contributed by atoms with van der Waals surface area (Å²) >= 11 is 0. The Kier molecular flexibility index (Phi) is 6.30. The molecule has 13 heavy (non-hydrogen) atoms. The van der Waals surface area contributed by atoms with Crippen LogP contribution < -0.4 is 5.73 Å². The van der Waals surface area contributed by atoms with Gasteiger partial charge >= 0.3 is 0 Å². The average molecular weight is 208 g/mol. The van der Waals surface area contributed by atoms with Gasteiger partial charge in [-0.05, 0) is 23.7 Å². The van der Waals surface area contributed by atoms with Crippen LogP contribution in [0.4, 0.5) is 0 Å². The molecule has 0 aliphatic carbocycles. The Morgan fingerprint density at radius 3 is 1.23 bits per heavy atom. The van der Waals surface area contributed by atoms with Crippen molar-refractivity contribution in [1.29, 1.82) is 0 Å². The maximum Gasteiger partial charge on any atom is 0.00487 e. The summed E-state index contributed by atoms with van der Waals surface area (Å²) in [7, 11) is 0. The molecule has 0 aromatic heterocycles. The van der Waals surface area contributed by atoms with Crippen molar-refractivity contribution in [3.8, 4) is 0 Å². The quantitative estimate of drug-likeness (QED) is 0.736. The number of nitrogens with two attached hydrogens (primary N) is 1. The van der Waals surface area contributed by atoms with Gasteiger partial charge in [-0.2, -0.15) is 0 Å². The summed E-state index contributed by atoms with van der Waals surface area (Å²) in [6, 6.07) is 0.352. The third-order valence-corrected chi connectivity index (χ3v) is 1.75. The van der Waals surface area contributed by atoms with Crippen molar-refractivity contribution in [2.75, 3.05) is 0 Å². The van der Waals surface area contributed by atoms with E-state index in [4.69, 9.17) is 5.73 Å². The van der Waals surface area contributed by atoms with Gasteiger partial charge in [-0.15, -0.1) is 12.4 Å². The van der Waals surface area contributed by atoms with Gasteiger partial charge in [0.25, 0.3) is 0 Å². The molecule has 0 saturated carbocycles. The van der Waals surface area contributed by atoms with Crippen molar-refractivity contribution in [2.45, 2.75) is 60.4 Å². The molecule has 0 aromatic rings. The minimum atomic E-state index is 0. The molecule has 1 nitrogen and oxygen atoms in total. The Bertz CT molecular complexity index is 114. The van der Waals surface area contributed by atoms with E-state index < -0.39 is 0 Å². The lowest BCUT2D eigenvalue weighted by Gasteiger charge is -2.28. The van der Waals surface area contributed by atoms with Crippen LogP contribution in [0.15, 0.2) is 0 Å². The predicted octanol–water partition coefficient (Wildman–Crippen LogP) is 3.61. The van der Waals surface area contributed by atoms with Crippen LogP contribution in [0, 0.1) is 10.8 Å². The van der Waals surface area contributed by atoms with Gasteiger partial charge in [0, 0.05) is 6.04 Å². The summed E-state index contributed by atoms with van der Waals surface area (Å²) in [5.41, 5.74) is 6.78. The van der Waals surface area contributed by atoms with E-state index in [0.717, 1.165) is 12.8 Å². The molecule has 2 N–H and O–H groups in total. The molecule has 0 atom stereocenters. The molecule has 0 spiro atoms. The third kappa shape index (κ3) is 12.2. The van der Waals surface area contributed by atoms with Crippen LogP contribution in [-0.2, 0) is 0 Å². The lowest BCUT2D eigenvalue weighted by atomic mass is 9.81. The third-order valence-electron chi connectivity index (χ3n) is 1.75. The van der Waals surface area contributed by atoms with Gasteiger partial charge in [-0.1, -0.05) is 41.5 Å². The highest BCUT2D eigenvalue weighted by atomic mass is 35.5. The van der Waals surface area contributed by atoms with Gasteiger partial charge in [-0.25, -0.2) is 0 Å². The average Bonchev–Trinajstić information content (AvgIpc) is 1.49. The second-order valence-corrected chi connectivity index (χ2v) is 6.29. The molecule has 0 fully saturated rings. The predicted molar refractivity (Wildman–Crippen MR) is 63.4 cm³/mol. The van der Waals surface area contributed by atoms with Crippen LogP contribution in [0.2, 0.25) is 0 Å². The van der Waals surface area contributed by atoms with Gasteiger partial charge in [-0.3, -0.25) is 0 Å². The summed E-state index contributed by atoms with van der Waals surface area (Å²) in [6.45, 7) is 13.5. The molecule has 0 saturated heterocycles. The Balaban J connectivity index is 0. The first-order chi connectivity index (χ1) is 5.10. The molecular weight excluding hydrogens is 182 g/mol. The fraction of sp³-hybridized carbons (Fsp3) is 1.00. The van der Waals surface area contributed by atoms with Gasteiger partial charge in [0.2, 0.25) is 0 Å². The van der Waals surface area contributed by atoms with Crippen LogP contribution in [0.5, 0.6) is 0 Å². The lowest BCUT2D eigenvalue weighted by Crippen LogP contribution is -2.30. The Morgan fingerprint density at radius 1 is 0.846 bits per heavy atom. The molecule has 82 valence electrons. The van der Waals surface area contributed by atoms with E-state index in [1.54, 1.807) is 0 Å². The van der Waals surface area contributed by atoms with Crippen molar-refractivity contribution in [2.24, 2.45) is 16.6 Å². The van der Waals surface area contributed by atoms with E-state index in [1.165, 1.54) is 0 Å². The second-order valence-electron chi connectivity index (χ2n) is 6.29. The highest BCUT2D eigenvalue weighted by Gasteiger charge is 2.20. The summed E-state index contributed by atoms with van der Waals surface area (Å²) in [4.78, 5) is 0. The molecule has 0 unspecified atom stereocenters. The smallest absolute Gasteiger partial charge is 0.00487 e. The summed E-state index contributed by atoms with van der Waals surface area (Å²) in [5.74, 6) is 0. The van der Waals surface area contributed by atoms with Gasteiger partial charge in [0.15, 0.2) is 0 Å². The van der Waals surface area contributed by atoms with Crippen LogP contribution >= 0.6 is 12.4 Å². The number of rotatable bonds is 2. The zero-order valence-corrected chi connectivity index (χ0v) is 10.8. The van der Waals surface area contributed by atoms with E-state index in [-0.39, 0.29) is 12.4 Å². The fourth-order valence-electron chi connectivity index (χ4n) is 1.65. The van der Waals surface area contributed by atoms with Gasteiger partial charge < -0.3 is 5.73 Å². The van der Waals surface area contributed by atoms with Crippen LogP contribution in [-0.4, -0.2) is 6.04 Å². The first kappa shape index (κ1) is 15.7. The van der Waals surface area contributed by atoms with Crippen molar-refractivity contribution in [3.63, 3.8) is 0 Å². The van der Waals surface area contributed by atoms with E-state index in [2.05, 4.69) is 41.5 Å². The molecule has 0 bridgehead atoms. The van der Waals surface area contributed by atoms with E-state index in [9.17, 15) is 0 Å². The maximum absolute atomic E-state index is 6.05. The highest BCUT2D eigenvalue weighted by molar-refractivity contribution is 5.85. The first-order valence-electron chi connectivity index (χ1n) is 4.86. The largest absolute Gasteiger partial charge is 0.328 e. The maximum atomic E-state index is 6.05. The molecule has 0 heterocycles. The van der Waals surface area contributed by atoms with E-state index >= 15 is 0 Å². The molecule has 2 heteroatoms. The number of hydrogen-bond acceptors (Lipinski definition) is 1. The minimum absolute atomic E-state index is 0. The van der Waals surface area contributed by atoms with Crippen molar-refractivity contribution < 1.29 is 0 Å². The summed E-state index contributed by atoms with van der Waals surface area (Å²) in [6.07, 6.45) is 2.23. The fourth-order valence-corrected chi connectivity index (χ4v) is 1.65. The van der Waals surface area contributed by atoms with Gasteiger partial charge in [0.05, 0.1) is 0 Å². The minimum Gasteiger partial charge on any atom is -0.328 e. The zero-order valence-electron chi connectivity index (χ0n) is 9.98. The number of halogens is 1. The molecular formula is C11H26ClN. The second kappa shape index (κ2) is 5.21. The van der Waals surface area contributed by atoms with E-state index in [0.29, 0.717) is 16.9 Å². The normalized spacial score (nSPS) is 12.9. The SMILES string of the molecule is CC(C)(C)CC(N)CC(C)(C)C.Cl. The lowest BCUT2D eigenvalue weighted by molar-refractivity contribution is 0.270. The standard InChI is InChI=1S/C11H25N.ClH/c1-10(2,3)7-9(12)8-11(4,5)6;/h9H,7-8,12H2,1-6H3;1H. The van der Waals surface area contributed by atoms with Crippen molar-refractivity contribution in [1.82, 2.24) is 0 Å². The van der Waals surface area contributed by atoms with Crippen LogP contribution in [0.25, 0.3) is 0 Å². The topological polar surface area (TPSA) is 26.0 Å². The molecule has 0 aliphatic heterocycles. The molecule has 0 amide bonds. The Morgan fingerprint density at radius 2 is 1.08 bits per heavy atom. The monoisotopic (exact) mass is 207 g/mol. The highest BCUT2D eigenvalue weighted by Crippen LogP contribution is 2.27.